The van der Waals surface area contributed by atoms with E-state index in [0.29, 0.717) is 21.2 Å². The molecule has 0 amide bonds. The molecule has 0 saturated heterocycles. The minimum atomic E-state index is -0.669. The first-order chi connectivity index (χ1) is 14.3. The van der Waals surface area contributed by atoms with E-state index in [4.69, 9.17) is 27.9 Å². The normalized spacial score (nSPS) is 10.7. The zero-order chi connectivity index (χ0) is 21.7. The van der Waals surface area contributed by atoms with E-state index in [0.717, 1.165) is 0 Å². The topological polar surface area (TPSA) is 86.5 Å². The number of allylic oxidation sites excluding steroid dienone is 1. The smallest absolute Gasteiger partial charge is 0.343 e. The summed E-state index contributed by atoms with van der Waals surface area (Å²) in [5.41, 5.74) is 0.966. The molecule has 3 aromatic carbocycles. The Labute approximate surface area is 181 Å². The lowest BCUT2D eigenvalue weighted by Gasteiger charge is -2.05. The summed E-state index contributed by atoms with van der Waals surface area (Å²) in [7, 11) is 0. The second-order valence-corrected chi connectivity index (χ2v) is 6.87. The highest BCUT2D eigenvalue weighted by atomic mass is 35.5. The molecule has 0 spiro atoms. The van der Waals surface area contributed by atoms with Crippen LogP contribution in [0.2, 0.25) is 10.0 Å². The predicted octanol–water partition coefficient (Wildman–Crippen LogP) is 6.02. The summed E-state index contributed by atoms with van der Waals surface area (Å²) in [5, 5.41) is 11.5. The number of carbonyl (C=O) groups is 2. The molecular formula is C22H13Cl2NO5. The van der Waals surface area contributed by atoms with Crippen LogP contribution in [0.1, 0.15) is 26.3 Å². The van der Waals surface area contributed by atoms with Gasteiger partial charge in [0.2, 0.25) is 0 Å². The van der Waals surface area contributed by atoms with E-state index < -0.39 is 10.9 Å². The Morgan fingerprint density at radius 3 is 2.00 bits per heavy atom. The van der Waals surface area contributed by atoms with E-state index in [1.54, 1.807) is 18.2 Å². The Morgan fingerprint density at radius 2 is 1.43 bits per heavy atom. The maximum atomic E-state index is 12.3. The highest BCUT2D eigenvalue weighted by molar-refractivity contribution is 6.37. The molecule has 0 aliphatic heterocycles. The van der Waals surface area contributed by atoms with Gasteiger partial charge in [0.15, 0.2) is 5.78 Å². The monoisotopic (exact) mass is 441 g/mol. The molecule has 0 fully saturated rings. The number of hydrogen-bond acceptors (Lipinski definition) is 5. The highest BCUT2D eigenvalue weighted by Crippen LogP contribution is 2.26. The Bertz CT molecular complexity index is 1120. The molecule has 0 bridgehead atoms. The van der Waals surface area contributed by atoms with Crippen LogP contribution < -0.4 is 4.74 Å². The third-order valence-corrected chi connectivity index (χ3v) is 4.72. The molecule has 0 unspecified atom stereocenters. The largest absolute Gasteiger partial charge is 0.423 e. The fourth-order valence-electron chi connectivity index (χ4n) is 2.50. The van der Waals surface area contributed by atoms with Crippen molar-refractivity contribution in [3.8, 4) is 5.75 Å². The Balaban J connectivity index is 1.67. The summed E-state index contributed by atoms with van der Waals surface area (Å²) in [6.07, 6.45) is 2.89. The van der Waals surface area contributed by atoms with Crippen molar-refractivity contribution in [2.24, 2.45) is 0 Å². The quantitative estimate of drug-likeness (QED) is 0.116. The lowest BCUT2D eigenvalue weighted by Crippen LogP contribution is -2.08. The van der Waals surface area contributed by atoms with Gasteiger partial charge in [-0.25, -0.2) is 4.79 Å². The van der Waals surface area contributed by atoms with Gasteiger partial charge in [0.05, 0.1) is 10.5 Å². The average Bonchev–Trinajstić information content (AvgIpc) is 2.73. The second kappa shape index (κ2) is 9.35. The van der Waals surface area contributed by atoms with Crippen LogP contribution in [0.25, 0.3) is 6.08 Å². The van der Waals surface area contributed by atoms with Crippen LogP contribution in [0.4, 0.5) is 5.69 Å². The van der Waals surface area contributed by atoms with Crippen LogP contribution in [-0.2, 0) is 0 Å². The zero-order valence-electron chi connectivity index (χ0n) is 15.2. The molecular weight excluding hydrogens is 429 g/mol. The predicted molar refractivity (Wildman–Crippen MR) is 114 cm³/mol. The van der Waals surface area contributed by atoms with Crippen molar-refractivity contribution in [2.75, 3.05) is 0 Å². The summed E-state index contributed by atoms with van der Waals surface area (Å²) in [4.78, 5) is 34.6. The van der Waals surface area contributed by atoms with Gasteiger partial charge in [-0.3, -0.25) is 14.9 Å². The molecule has 30 heavy (non-hydrogen) atoms. The minimum Gasteiger partial charge on any atom is -0.423 e. The van der Waals surface area contributed by atoms with Crippen LogP contribution >= 0.6 is 23.2 Å². The van der Waals surface area contributed by atoms with Crippen LogP contribution in [0.3, 0.4) is 0 Å². The summed E-state index contributed by atoms with van der Waals surface area (Å²) >= 11 is 12.1. The van der Waals surface area contributed by atoms with Gasteiger partial charge in [-0.2, -0.15) is 0 Å². The molecule has 0 atom stereocenters. The first kappa shape index (κ1) is 21.2. The van der Waals surface area contributed by atoms with E-state index in [2.05, 4.69) is 0 Å². The number of benzene rings is 3. The number of ether oxygens (including phenoxy) is 1. The van der Waals surface area contributed by atoms with E-state index in [9.17, 15) is 19.7 Å². The van der Waals surface area contributed by atoms with Crippen molar-refractivity contribution in [3.05, 3.63) is 110 Å². The third-order valence-electron chi connectivity index (χ3n) is 4.06. The summed E-state index contributed by atoms with van der Waals surface area (Å²) in [6.45, 7) is 0. The van der Waals surface area contributed by atoms with Crippen molar-refractivity contribution in [3.63, 3.8) is 0 Å². The van der Waals surface area contributed by atoms with Gasteiger partial charge >= 0.3 is 5.97 Å². The Morgan fingerprint density at radius 1 is 0.867 bits per heavy atom. The fourth-order valence-corrected chi connectivity index (χ4v) is 3.02. The SMILES string of the molecule is O=C(C=Cc1c(Cl)cccc1Cl)c1ccc(OC(=O)c2ccc([N+](=O)[O-])cc2)cc1. The summed E-state index contributed by atoms with van der Waals surface area (Å²) in [6, 6.07) is 16.1. The van der Waals surface area contributed by atoms with Crippen LogP contribution in [-0.4, -0.2) is 16.7 Å². The van der Waals surface area contributed by atoms with E-state index in [1.165, 1.54) is 60.7 Å². The first-order valence-corrected chi connectivity index (χ1v) is 9.34. The van der Waals surface area contributed by atoms with Crippen molar-refractivity contribution in [2.45, 2.75) is 0 Å². The number of non-ortho nitro benzene ring substituents is 1. The number of nitrogens with zero attached hydrogens (tertiary/aromatic N) is 1. The van der Waals surface area contributed by atoms with Crippen molar-refractivity contribution < 1.29 is 19.2 Å². The molecule has 0 aliphatic carbocycles. The molecule has 0 radical (unpaired) electrons. The summed E-state index contributed by atoms with van der Waals surface area (Å²) in [5.74, 6) is -0.718. The van der Waals surface area contributed by atoms with E-state index >= 15 is 0 Å². The standard InChI is InChI=1S/C22H13Cl2NO5/c23-19-2-1-3-20(24)18(19)12-13-21(26)14-6-10-17(11-7-14)30-22(27)15-4-8-16(9-5-15)25(28)29/h1-13H. The molecule has 8 heteroatoms. The number of ketones is 1. The number of halogens is 2. The molecule has 0 heterocycles. The van der Waals surface area contributed by atoms with Crippen LogP contribution in [0.5, 0.6) is 5.75 Å². The molecule has 0 N–H and O–H groups in total. The van der Waals surface area contributed by atoms with Gasteiger partial charge in [0, 0.05) is 33.3 Å². The van der Waals surface area contributed by atoms with Crippen LogP contribution in [0, 0.1) is 10.1 Å². The van der Waals surface area contributed by atoms with Gasteiger partial charge in [0.1, 0.15) is 5.75 Å². The van der Waals surface area contributed by atoms with Gasteiger partial charge in [0.25, 0.3) is 5.69 Å². The first-order valence-electron chi connectivity index (χ1n) is 8.58. The number of hydrogen-bond donors (Lipinski definition) is 0. The number of carbonyl (C=O) groups excluding carboxylic acids is 2. The van der Waals surface area contributed by atoms with Crippen molar-refractivity contribution in [1.82, 2.24) is 0 Å². The van der Waals surface area contributed by atoms with Gasteiger partial charge in [-0.15, -0.1) is 0 Å². The maximum absolute atomic E-state index is 12.3. The van der Waals surface area contributed by atoms with Crippen molar-refractivity contribution >= 4 is 46.7 Å². The Hall–Kier alpha value is -3.48. The molecule has 0 aromatic heterocycles. The minimum absolute atomic E-state index is 0.124. The third kappa shape index (κ3) is 5.11. The lowest BCUT2D eigenvalue weighted by atomic mass is 10.1. The summed E-state index contributed by atoms with van der Waals surface area (Å²) < 4.78 is 5.22. The van der Waals surface area contributed by atoms with Gasteiger partial charge < -0.3 is 4.74 Å². The molecule has 0 aliphatic rings. The second-order valence-electron chi connectivity index (χ2n) is 6.05. The Kier molecular flexibility index (Phi) is 6.61. The van der Waals surface area contributed by atoms with Crippen LogP contribution in [0.15, 0.2) is 72.8 Å². The van der Waals surface area contributed by atoms with E-state index in [-0.39, 0.29) is 22.8 Å². The van der Waals surface area contributed by atoms with Crippen molar-refractivity contribution in [1.29, 1.82) is 0 Å². The molecule has 3 rings (SSSR count). The zero-order valence-corrected chi connectivity index (χ0v) is 16.8. The number of nitro groups is 1. The highest BCUT2D eigenvalue weighted by Gasteiger charge is 2.12. The number of rotatable bonds is 6. The fraction of sp³-hybridized carbons (Fsp3) is 0. The average molecular weight is 442 g/mol. The number of nitro benzene ring substituents is 1. The maximum Gasteiger partial charge on any atom is 0.343 e. The molecule has 0 saturated carbocycles. The molecule has 3 aromatic rings. The molecule has 6 nitrogen and oxygen atoms in total. The van der Waals surface area contributed by atoms with Gasteiger partial charge in [-0.05, 0) is 60.7 Å². The van der Waals surface area contributed by atoms with Gasteiger partial charge in [-0.1, -0.05) is 29.3 Å². The molecule has 150 valence electrons. The number of esters is 1. The lowest BCUT2D eigenvalue weighted by molar-refractivity contribution is -0.384. The van der Waals surface area contributed by atoms with E-state index in [1.807, 2.05) is 0 Å².